The Bertz CT molecular complexity index is 560. The predicted molar refractivity (Wildman–Crippen MR) is 57.1 cm³/mol. The molecule has 16 heavy (non-hydrogen) atoms. The lowest BCUT2D eigenvalue weighted by Crippen LogP contribution is -2.37. The Morgan fingerprint density at radius 1 is 1.25 bits per heavy atom. The molecule has 0 amide bonds. The van der Waals surface area contributed by atoms with Gasteiger partial charge in [0.15, 0.2) is 0 Å². The van der Waals surface area contributed by atoms with E-state index < -0.39 is 15.1 Å². The Morgan fingerprint density at radius 2 is 1.88 bits per heavy atom. The molecule has 3 N–H and O–H groups in total. The monoisotopic (exact) mass is 242 g/mol. The second-order valence-electron chi connectivity index (χ2n) is 3.60. The van der Waals surface area contributed by atoms with Crippen molar-refractivity contribution < 1.29 is 23.2 Å². The van der Waals surface area contributed by atoms with Crippen molar-refractivity contribution in [2.45, 2.75) is 11.4 Å². The van der Waals surface area contributed by atoms with E-state index in [1.165, 1.54) is 18.2 Å². The van der Waals surface area contributed by atoms with Gasteiger partial charge in [0.1, 0.15) is 5.76 Å². The summed E-state index contributed by atoms with van der Waals surface area (Å²) in [6, 6.07) is 5.94. The van der Waals surface area contributed by atoms with Gasteiger partial charge >= 0.3 is 0 Å². The molecule has 1 unspecified atom stereocenters. The second-order valence-corrected chi connectivity index (χ2v) is 5.22. The maximum Gasteiger partial charge on any atom is 0.299 e. The number of fused-ring (bicyclic) bond motifs is 1. The molecule has 5 nitrogen and oxygen atoms in total. The largest absolute Gasteiger partial charge is 0.508 e. The summed E-state index contributed by atoms with van der Waals surface area (Å²) in [5.41, 5.74) is 0.186. The fraction of sp³-hybridized carbons (Fsp3) is 0.200. The summed E-state index contributed by atoms with van der Waals surface area (Å²) < 4.78 is 31.4. The van der Waals surface area contributed by atoms with E-state index in [4.69, 9.17) is 4.55 Å². The Morgan fingerprint density at radius 3 is 2.50 bits per heavy atom. The second kappa shape index (κ2) is 3.31. The minimum Gasteiger partial charge on any atom is -0.508 e. The third kappa shape index (κ3) is 1.42. The minimum atomic E-state index is -4.66. The van der Waals surface area contributed by atoms with Gasteiger partial charge in [0.2, 0.25) is 4.93 Å². The molecule has 0 aromatic heterocycles. The standard InChI is InChI=1S/C10H10O5S/c11-9-5-6-10(12,16(13,14)15)8-4-2-1-3-7(8)9/h1-5,11-12H,6H2,(H,13,14,15). The first-order valence-corrected chi connectivity index (χ1v) is 5.99. The maximum absolute atomic E-state index is 11.2. The van der Waals surface area contributed by atoms with Crippen LogP contribution in [0.25, 0.3) is 5.76 Å². The number of hydrogen-bond acceptors (Lipinski definition) is 4. The molecular formula is C10H10O5S. The summed E-state index contributed by atoms with van der Waals surface area (Å²) in [6.45, 7) is 0. The van der Waals surface area contributed by atoms with E-state index >= 15 is 0 Å². The van der Waals surface area contributed by atoms with Crippen LogP contribution in [0, 0.1) is 0 Å². The Kier molecular flexibility index (Phi) is 2.30. The molecule has 0 saturated heterocycles. The van der Waals surface area contributed by atoms with Crippen LogP contribution in [-0.4, -0.2) is 23.2 Å². The molecule has 2 rings (SSSR count). The number of aliphatic hydroxyl groups excluding tert-OH is 1. The predicted octanol–water partition coefficient (Wildman–Crippen LogP) is 1.02. The summed E-state index contributed by atoms with van der Waals surface area (Å²) in [5, 5.41) is 19.5. The van der Waals surface area contributed by atoms with E-state index in [2.05, 4.69) is 0 Å². The molecule has 86 valence electrons. The lowest BCUT2D eigenvalue weighted by Gasteiger charge is -2.29. The van der Waals surface area contributed by atoms with Gasteiger partial charge in [-0.3, -0.25) is 4.55 Å². The molecule has 1 atom stereocenters. The highest BCUT2D eigenvalue weighted by Gasteiger charge is 2.45. The molecule has 0 heterocycles. The van der Waals surface area contributed by atoms with Gasteiger partial charge in [0, 0.05) is 17.5 Å². The van der Waals surface area contributed by atoms with Gasteiger partial charge in [-0.15, -0.1) is 0 Å². The van der Waals surface area contributed by atoms with Crippen LogP contribution >= 0.6 is 0 Å². The van der Waals surface area contributed by atoms with Crippen LogP contribution in [-0.2, 0) is 15.1 Å². The highest BCUT2D eigenvalue weighted by molar-refractivity contribution is 7.86. The Labute approximate surface area is 92.4 Å². The average Bonchev–Trinajstić information content (AvgIpc) is 2.23. The van der Waals surface area contributed by atoms with Crippen LogP contribution in [0.15, 0.2) is 30.3 Å². The first-order chi connectivity index (χ1) is 7.36. The SMILES string of the molecule is O=S(=O)(O)C1(O)CC=C(O)c2ccccc21. The maximum atomic E-state index is 11.2. The third-order valence-corrected chi connectivity index (χ3v) is 3.86. The van der Waals surface area contributed by atoms with Crippen molar-refractivity contribution in [1.29, 1.82) is 0 Å². The van der Waals surface area contributed by atoms with E-state index in [0.717, 1.165) is 6.08 Å². The van der Waals surface area contributed by atoms with Gasteiger partial charge in [-0.25, -0.2) is 0 Å². The van der Waals surface area contributed by atoms with Crippen molar-refractivity contribution in [2.24, 2.45) is 0 Å². The van der Waals surface area contributed by atoms with E-state index in [1.54, 1.807) is 6.07 Å². The van der Waals surface area contributed by atoms with Gasteiger partial charge in [-0.1, -0.05) is 24.3 Å². The Hall–Kier alpha value is -1.37. The van der Waals surface area contributed by atoms with Crippen LogP contribution in [0.1, 0.15) is 17.5 Å². The van der Waals surface area contributed by atoms with Crippen LogP contribution in [0.2, 0.25) is 0 Å². The van der Waals surface area contributed by atoms with Gasteiger partial charge in [0.25, 0.3) is 10.1 Å². The number of hydrogen-bond donors (Lipinski definition) is 3. The fourth-order valence-electron chi connectivity index (χ4n) is 1.75. The van der Waals surface area contributed by atoms with E-state index in [9.17, 15) is 18.6 Å². The summed E-state index contributed by atoms with van der Waals surface area (Å²) in [7, 11) is -4.66. The van der Waals surface area contributed by atoms with Gasteiger partial charge in [0.05, 0.1) is 0 Å². The zero-order chi connectivity index (χ0) is 12.0. The van der Waals surface area contributed by atoms with Crippen LogP contribution in [0.5, 0.6) is 0 Å². The smallest absolute Gasteiger partial charge is 0.299 e. The lowest BCUT2D eigenvalue weighted by molar-refractivity contribution is 0.112. The zero-order valence-corrected chi connectivity index (χ0v) is 8.98. The number of benzene rings is 1. The van der Waals surface area contributed by atoms with Crippen molar-refractivity contribution in [3.05, 3.63) is 41.5 Å². The van der Waals surface area contributed by atoms with Crippen LogP contribution < -0.4 is 0 Å². The van der Waals surface area contributed by atoms with Crippen molar-refractivity contribution in [1.82, 2.24) is 0 Å². The molecule has 0 bridgehead atoms. The summed E-state index contributed by atoms with van der Waals surface area (Å²) in [6.07, 6.45) is 0.783. The highest BCUT2D eigenvalue weighted by atomic mass is 32.2. The molecule has 0 fully saturated rings. The normalized spacial score (nSPS) is 24.8. The lowest BCUT2D eigenvalue weighted by atomic mass is 9.93. The first-order valence-electron chi connectivity index (χ1n) is 4.55. The summed E-state index contributed by atoms with van der Waals surface area (Å²) in [4.78, 5) is -2.38. The van der Waals surface area contributed by atoms with Crippen molar-refractivity contribution in [3.8, 4) is 0 Å². The van der Waals surface area contributed by atoms with Gasteiger partial charge in [-0.05, 0) is 6.08 Å². The number of aliphatic hydroxyl groups is 2. The van der Waals surface area contributed by atoms with Crippen LogP contribution in [0.3, 0.4) is 0 Å². The molecule has 1 aromatic rings. The van der Waals surface area contributed by atoms with Crippen LogP contribution in [0.4, 0.5) is 0 Å². The molecule has 1 aliphatic rings. The van der Waals surface area contributed by atoms with Gasteiger partial charge < -0.3 is 10.2 Å². The van der Waals surface area contributed by atoms with E-state index in [1.807, 2.05) is 0 Å². The van der Waals surface area contributed by atoms with Crippen molar-refractivity contribution in [2.75, 3.05) is 0 Å². The van der Waals surface area contributed by atoms with Crippen molar-refractivity contribution >= 4 is 15.9 Å². The molecule has 1 aliphatic carbocycles. The molecule has 1 aromatic carbocycles. The van der Waals surface area contributed by atoms with Gasteiger partial charge in [-0.2, -0.15) is 8.42 Å². The molecule has 0 saturated carbocycles. The molecule has 6 heteroatoms. The number of rotatable bonds is 1. The highest BCUT2D eigenvalue weighted by Crippen LogP contribution is 2.39. The average molecular weight is 242 g/mol. The fourth-order valence-corrected chi connectivity index (χ4v) is 2.50. The van der Waals surface area contributed by atoms with Crippen molar-refractivity contribution in [3.63, 3.8) is 0 Å². The Balaban J connectivity index is 2.74. The van der Waals surface area contributed by atoms with E-state index in [-0.39, 0.29) is 23.3 Å². The molecule has 0 spiro atoms. The molecule has 0 aliphatic heterocycles. The summed E-state index contributed by atoms with van der Waals surface area (Å²) in [5.74, 6) is -0.107. The third-order valence-electron chi connectivity index (χ3n) is 2.62. The topological polar surface area (TPSA) is 94.8 Å². The first kappa shape index (κ1) is 11.1. The quantitative estimate of drug-likeness (QED) is 0.639. The summed E-state index contributed by atoms with van der Waals surface area (Å²) >= 11 is 0. The molecular weight excluding hydrogens is 232 g/mol. The minimum absolute atomic E-state index is 0.0162. The molecule has 0 radical (unpaired) electrons. The zero-order valence-electron chi connectivity index (χ0n) is 8.16. The van der Waals surface area contributed by atoms with E-state index in [0.29, 0.717) is 0 Å².